The number of aryl methyl sites for hydroxylation is 3. The first-order valence-corrected chi connectivity index (χ1v) is 10.7. The largest absolute Gasteiger partial charge is 0.485 e. The van der Waals surface area contributed by atoms with Crippen LogP contribution in [0.25, 0.3) is 0 Å². The molecule has 0 atom stereocenters. The molecule has 0 aliphatic heterocycles. The number of nitrogens with one attached hydrogen (secondary N) is 1. The lowest BCUT2D eigenvalue weighted by molar-refractivity contribution is -0.112. The molecule has 0 spiro atoms. The Hall–Kier alpha value is -1.83. The SMILES string of the molecule is Cc1cc(C)c(S(=O)(=O)NCCSC(=O)COc2ccccc2)c(C)c1. The molecule has 0 aliphatic rings. The minimum Gasteiger partial charge on any atom is -0.485 e. The number of rotatable bonds is 8. The van der Waals surface area contributed by atoms with E-state index in [0.717, 1.165) is 28.5 Å². The minimum absolute atomic E-state index is 0.0440. The minimum atomic E-state index is -3.60. The quantitative estimate of drug-likeness (QED) is 0.697. The summed E-state index contributed by atoms with van der Waals surface area (Å²) in [5.74, 6) is 0.979. The van der Waals surface area contributed by atoms with Gasteiger partial charge in [0, 0.05) is 12.3 Å². The number of benzene rings is 2. The molecular weight excluding hydrogens is 370 g/mol. The maximum atomic E-state index is 12.5. The van der Waals surface area contributed by atoms with Gasteiger partial charge in [-0.2, -0.15) is 0 Å². The van der Waals surface area contributed by atoms with Gasteiger partial charge in [0.05, 0.1) is 4.90 Å². The van der Waals surface area contributed by atoms with Crippen molar-refractivity contribution in [3.8, 4) is 5.75 Å². The Bertz CT molecular complexity index is 841. The Labute approximate surface area is 159 Å². The van der Waals surface area contributed by atoms with Gasteiger partial charge in [-0.05, 0) is 44.0 Å². The average molecular weight is 394 g/mol. The normalized spacial score (nSPS) is 11.3. The second kappa shape index (κ2) is 9.21. The first-order valence-electron chi connectivity index (χ1n) is 8.20. The van der Waals surface area contributed by atoms with Gasteiger partial charge in [-0.15, -0.1) is 0 Å². The van der Waals surface area contributed by atoms with E-state index >= 15 is 0 Å². The smallest absolute Gasteiger partial charge is 0.241 e. The van der Waals surface area contributed by atoms with E-state index in [9.17, 15) is 13.2 Å². The number of ether oxygens (including phenoxy) is 1. The third kappa shape index (κ3) is 5.86. The lowest BCUT2D eigenvalue weighted by Crippen LogP contribution is -2.28. The summed E-state index contributed by atoms with van der Waals surface area (Å²) in [6.07, 6.45) is 0. The van der Waals surface area contributed by atoms with Crippen LogP contribution in [0.15, 0.2) is 47.4 Å². The number of thioether (sulfide) groups is 1. The highest BCUT2D eigenvalue weighted by Gasteiger charge is 2.19. The third-order valence-corrected chi connectivity index (χ3v) is 6.24. The molecule has 0 bridgehead atoms. The molecule has 1 N–H and O–H groups in total. The molecule has 0 amide bonds. The summed E-state index contributed by atoms with van der Waals surface area (Å²) < 4.78 is 33.0. The van der Waals surface area contributed by atoms with Gasteiger partial charge in [0.2, 0.25) is 15.1 Å². The maximum absolute atomic E-state index is 12.5. The topological polar surface area (TPSA) is 72.5 Å². The Morgan fingerprint density at radius 2 is 1.69 bits per heavy atom. The fraction of sp³-hybridized carbons (Fsp3) is 0.316. The standard InChI is InChI=1S/C19H23NO4S2/c1-14-11-15(2)19(16(3)12-14)26(22,23)20-9-10-25-18(21)13-24-17-7-5-4-6-8-17/h4-8,11-12,20H,9-10,13H2,1-3H3. The summed E-state index contributed by atoms with van der Waals surface area (Å²) >= 11 is 1.05. The van der Waals surface area contributed by atoms with E-state index in [2.05, 4.69) is 4.72 Å². The van der Waals surface area contributed by atoms with Crippen LogP contribution in [0.5, 0.6) is 5.75 Å². The van der Waals surface area contributed by atoms with E-state index in [1.54, 1.807) is 26.0 Å². The van der Waals surface area contributed by atoms with Crippen molar-refractivity contribution in [2.45, 2.75) is 25.7 Å². The van der Waals surface area contributed by atoms with Crippen molar-refractivity contribution in [1.29, 1.82) is 0 Å². The number of sulfonamides is 1. The van der Waals surface area contributed by atoms with Crippen LogP contribution in [0.1, 0.15) is 16.7 Å². The number of carbonyl (C=O) groups is 1. The van der Waals surface area contributed by atoms with Crippen LogP contribution in [-0.4, -0.2) is 32.4 Å². The molecule has 0 unspecified atom stereocenters. The third-order valence-electron chi connectivity index (χ3n) is 3.63. The Morgan fingerprint density at radius 1 is 1.08 bits per heavy atom. The highest BCUT2D eigenvalue weighted by molar-refractivity contribution is 8.13. The summed E-state index contributed by atoms with van der Waals surface area (Å²) in [5, 5.41) is -0.143. The van der Waals surface area contributed by atoms with Gasteiger partial charge in [-0.25, -0.2) is 13.1 Å². The van der Waals surface area contributed by atoms with Crippen LogP contribution in [0, 0.1) is 20.8 Å². The fourth-order valence-electron chi connectivity index (χ4n) is 2.70. The van der Waals surface area contributed by atoms with Crippen molar-refractivity contribution in [3.63, 3.8) is 0 Å². The number of carbonyl (C=O) groups excluding carboxylic acids is 1. The summed E-state index contributed by atoms with van der Waals surface area (Å²) in [4.78, 5) is 12.1. The van der Waals surface area contributed by atoms with E-state index in [0.29, 0.717) is 16.4 Å². The van der Waals surface area contributed by atoms with Crippen molar-refractivity contribution in [1.82, 2.24) is 4.72 Å². The molecule has 2 aromatic rings. The fourth-order valence-corrected chi connectivity index (χ4v) is 4.89. The molecule has 0 aliphatic carbocycles. The summed E-state index contributed by atoms with van der Waals surface area (Å²) in [7, 11) is -3.60. The van der Waals surface area contributed by atoms with Crippen LogP contribution in [0.4, 0.5) is 0 Å². The first kappa shape index (κ1) is 20.5. The average Bonchev–Trinajstić information content (AvgIpc) is 2.56. The molecule has 0 heterocycles. The molecular formula is C19H23NO4S2. The van der Waals surface area contributed by atoms with Crippen molar-refractivity contribution >= 4 is 26.9 Å². The van der Waals surface area contributed by atoms with Gasteiger partial charge < -0.3 is 4.74 Å². The lowest BCUT2D eigenvalue weighted by Gasteiger charge is -2.13. The molecule has 26 heavy (non-hydrogen) atoms. The van der Waals surface area contributed by atoms with Gasteiger partial charge in [0.15, 0.2) is 6.61 Å². The van der Waals surface area contributed by atoms with Gasteiger partial charge in [-0.1, -0.05) is 47.7 Å². The molecule has 0 saturated heterocycles. The van der Waals surface area contributed by atoms with E-state index in [4.69, 9.17) is 4.74 Å². The molecule has 5 nitrogen and oxygen atoms in total. The summed E-state index contributed by atoms with van der Waals surface area (Å²) in [5.41, 5.74) is 2.46. The van der Waals surface area contributed by atoms with E-state index in [1.165, 1.54) is 0 Å². The number of para-hydroxylation sites is 1. The molecule has 2 aromatic carbocycles. The second-order valence-corrected chi connectivity index (χ2v) is 8.80. The van der Waals surface area contributed by atoms with E-state index in [-0.39, 0.29) is 18.3 Å². The maximum Gasteiger partial charge on any atom is 0.241 e. The lowest BCUT2D eigenvalue weighted by atomic mass is 10.1. The van der Waals surface area contributed by atoms with Crippen molar-refractivity contribution in [3.05, 3.63) is 59.2 Å². The van der Waals surface area contributed by atoms with Crippen LogP contribution in [0.3, 0.4) is 0 Å². The predicted molar refractivity (Wildman–Crippen MR) is 105 cm³/mol. The van der Waals surface area contributed by atoms with Gasteiger partial charge in [0.25, 0.3) is 0 Å². The molecule has 7 heteroatoms. The zero-order chi connectivity index (χ0) is 19.2. The molecule has 2 rings (SSSR count). The molecule has 0 aromatic heterocycles. The number of hydrogen-bond donors (Lipinski definition) is 1. The van der Waals surface area contributed by atoms with Crippen molar-refractivity contribution in [2.75, 3.05) is 18.9 Å². The van der Waals surface area contributed by atoms with Crippen LogP contribution < -0.4 is 9.46 Å². The Morgan fingerprint density at radius 3 is 2.31 bits per heavy atom. The summed E-state index contributed by atoms with van der Waals surface area (Å²) in [6.45, 7) is 5.64. The van der Waals surface area contributed by atoms with Gasteiger partial charge >= 0.3 is 0 Å². The molecule has 140 valence electrons. The highest BCUT2D eigenvalue weighted by atomic mass is 32.2. The Balaban J connectivity index is 1.81. The zero-order valence-electron chi connectivity index (χ0n) is 15.1. The van der Waals surface area contributed by atoms with Gasteiger partial charge in [0.1, 0.15) is 5.75 Å². The van der Waals surface area contributed by atoms with Crippen molar-refractivity contribution in [2.24, 2.45) is 0 Å². The van der Waals surface area contributed by atoms with E-state index in [1.807, 2.05) is 37.3 Å². The summed E-state index contributed by atoms with van der Waals surface area (Å²) in [6, 6.07) is 12.8. The Kier molecular flexibility index (Phi) is 7.25. The van der Waals surface area contributed by atoms with Crippen LogP contribution in [0.2, 0.25) is 0 Å². The second-order valence-electron chi connectivity index (χ2n) is 5.95. The van der Waals surface area contributed by atoms with Gasteiger partial charge in [-0.3, -0.25) is 4.79 Å². The molecule has 0 saturated carbocycles. The van der Waals surface area contributed by atoms with Crippen molar-refractivity contribution < 1.29 is 17.9 Å². The predicted octanol–water partition coefficient (Wildman–Crippen LogP) is 3.23. The van der Waals surface area contributed by atoms with Crippen LogP contribution in [-0.2, 0) is 14.8 Å². The monoisotopic (exact) mass is 393 g/mol. The number of hydrogen-bond acceptors (Lipinski definition) is 5. The zero-order valence-corrected chi connectivity index (χ0v) is 16.7. The van der Waals surface area contributed by atoms with E-state index < -0.39 is 10.0 Å². The highest BCUT2D eigenvalue weighted by Crippen LogP contribution is 2.21. The van der Waals surface area contributed by atoms with Crippen LogP contribution >= 0.6 is 11.8 Å². The first-order chi connectivity index (χ1) is 12.3. The molecule has 0 fully saturated rings. The molecule has 0 radical (unpaired) electrons.